The molecule has 4 aromatic rings. The molecule has 0 saturated carbocycles. The lowest BCUT2D eigenvalue weighted by Crippen LogP contribution is -2.33. The van der Waals surface area contributed by atoms with E-state index in [2.05, 4.69) is 69.4 Å². The van der Waals surface area contributed by atoms with Crippen molar-refractivity contribution in [2.45, 2.75) is 58.9 Å². The smallest absolute Gasteiger partial charge is 0.146 e. The molecule has 0 atom stereocenters. The second-order valence-electron chi connectivity index (χ2n) is 11.7. The van der Waals surface area contributed by atoms with E-state index in [9.17, 15) is 0 Å². The van der Waals surface area contributed by atoms with Crippen molar-refractivity contribution in [3.63, 3.8) is 0 Å². The molecule has 0 bridgehead atoms. The number of likely N-dealkylation sites (tertiary alicyclic amines) is 1. The number of nitrogens with zero attached hydrogens (tertiary/aromatic N) is 5. The average molecular weight is 580 g/mol. The minimum absolute atomic E-state index is 0.258. The van der Waals surface area contributed by atoms with Crippen LogP contribution in [-0.4, -0.2) is 43.8 Å². The van der Waals surface area contributed by atoms with Crippen molar-refractivity contribution in [3.05, 3.63) is 109 Å². The maximum Gasteiger partial charge on any atom is 0.146 e. The van der Waals surface area contributed by atoms with Crippen molar-refractivity contribution in [1.82, 2.24) is 30.0 Å². The molecule has 1 fully saturated rings. The van der Waals surface area contributed by atoms with Crippen LogP contribution in [0.2, 0.25) is 0 Å². The number of halogens is 1. The number of benzene rings is 2. The zero-order valence-corrected chi connectivity index (χ0v) is 25.5. The second kappa shape index (κ2) is 13.2. The van der Waals surface area contributed by atoms with Gasteiger partial charge >= 0.3 is 0 Å². The fourth-order valence-electron chi connectivity index (χ4n) is 5.79. The molecule has 0 amide bonds. The summed E-state index contributed by atoms with van der Waals surface area (Å²) >= 11 is 0. The van der Waals surface area contributed by atoms with Crippen LogP contribution < -0.4 is 10.6 Å². The van der Waals surface area contributed by atoms with E-state index in [0.717, 1.165) is 66.6 Å². The second-order valence-corrected chi connectivity index (χ2v) is 11.7. The number of anilines is 2. The van der Waals surface area contributed by atoms with Gasteiger partial charge in [-0.05, 0) is 98.5 Å². The van der Waals surface area contributed by atoms with Gasteiger partial charge in [0.2, 0.25) is 0 Å². The summed E-state index contributed by atoms with van der Waals surface area (Å²) in [5.74, 6) is 1.57. The summed E-state index contributed by atoms with van der Waals surface area (Å²) in [6.07, 6.45) is 9.92. The fraction of sp³-hybridized carbons (Fsp3) is 0.343. The molecule has 1 aliphatic rings. The molecule has 5 rings (SSSR count). The Kier molecular flexibility index (Phi) is 9.24. The highest BCUT2D eigenvalue weighted by atomic mass is 19.1. The Labute approximate surface area is 254 Å². The van der Waals surface area contributed by atoms with Crippen molar-refractivity contribution in [1.29, 1.82) is 0 Å². The fourth-order valence-corrected chi connectivity index (χ4v) is 5.79. The van der Waals surface area contributed by atoms with Crippen LogP contribution in [0.15, 0.2) is 80.4 Å². The van der Waals surface area contributed by atoms with E-state index in [0.29, 0.717) is 29.7 Å². The van der Waals surface area contributed by atoms with Crippen molar-refractivity contribution < 1.29 is 4.39 Å². The van der Waals surface area contributed by atoms with Gasteiger partial charge < -0.3 is 15.5 Å². The summed E-state index contributed by atoms with van der Waals surface area (Å²) in [6.45, 7) is 20.3. The molecule has 7 nitrogen and oxygen atoms in total. The molecule has 8 heteroatoms. The number of nitrogens with one attached hydrogen (secondary N) is 2. The quantitative estimate of drug-likeness (QED) is 0.172. The largest absolute Gasteiger partial charge is 0.372 e. The first kappa shape index (κ1) is 30.0. The van der Waals surface area contributed by atoms with Crippen LogP contribution in [0.25, 0.3) is 16.7 Å². The molecular formula is C35H42FN7. The van der Waals surface area contributed by atoms with Crippen LogP contribution in [0.4, 0.5) is 15.9 Å². The normalized spacial score (nSPS) is 13.8. The third-order valence-corrected chi connectivity index (χ3v) is 8.15. The van der Waals surface area contributed by atoms with Crippen LogP contribution in [0.5, 0.6) is 0 Å². The van der Waals surface area contributed by atoms with E-state index in [1.165, 1.54) is 17.5 Å². The van der Waals surface area contributed by atoms with E-state index in [4.69, 9.17) is 0 Å². The van der Waals surface area contributed by atoms with Gasteiger partial charge in [0, 0.05) is 42.8 Å². The Balaban J connectivity index is 1.32. The first-order chi connectivity index (χ1) is 20.7. The van der Waals surface area contributed by atoms with E-state index in [1.807, 2.05) is 38.3 Å². The summed E-state index contributed by atoms with van der Waals surface area (Å²) in [5, 5.41) is 12.0. The van der Waals surface area contributed by atoms with E-state index in [1.54, 1.807) is 16.8 Å². The zero-order chi connectivity index (χ0) is 30.5. The topological polar surface area (TPSA) is 70.9 Å². The van der Waals surface area contributed by atoms with Gasteiger partial charge in [0.1, 0.15) is 23.8 Å². The van der Waals surface area contributed by atoms with Crippen molar-refractivity contribution in [2.75, 3.05) is 18.4 Å². The lowest BCUT2D eigenvalue weighted by molar-refractivity contribution is 0.231. The Morgan fingerprint density at radius 3 is 2.58 bits per heavy atom. The molecule has 0 radical (unpaired) electrons. The number of rotatable bonds is 12. The van der Waals surface area contributed by atoms with E-state index >= 15 is 4.39 Å². The molecule has 3 heterocycles. The summed E-state index contributed by atoms with van der Waals surface area (Å²) in [6, 6.07) is 11.8. The third kappa shape index (κ3) is 7.13. The van der Waals surface area contributed by atoms with Crippen molar-refractivity contribution in [3.8, 4) is 0 Å². The molecule has 2 aromatic carbocycles. The number of aryl methyl sites for hydroxylation is 1. The standard InChI is InChI=1S/C35H42FN7/c1-7-24(5)42-14-11-26(12-15-42)17-29-20-31-34(21-28(29)8-2)37-22-38-35(31)40-33-10-9-27(19-32(33)36)18-30-13-16-43(41-30)25(6)39-23(3)4/h7,9-10,13,16,19-23,26,39H,1,5-6,8,11-12,14-15,17-18H2,2-4H3,(H,37,38,40). The maximum absolute atomic E-state index is 15.4. The highest BCUT2D eigenvalue weighted by molar-refractivity contribution is 5.91. The Morgan fingerprint density at radius 2 is 1.88 bits per heavy atom. The van der Waals surface area contributed by atoms with Crippen LogP contribution in [0, 0.1) is 11.7 Å². The molecule has 1 aliphatic heterocycles. The predicted octanol–water partition coefficient (Wildman–Crippen LogP) is 7.24. The Bertz CT molecular complexity index is 1630. The number of hydrogen-bond acceptors (Lipinski definition) is 6. The average Bonchev–Trinajstić information content (AvgIpc) is 3.47. The minimum atomic E-state index is -0.340. The monoisotopic (exact) mass is 579 g/mol. The van der Waals surface area contributed by atoms with Gasteiger partial charge in [-0.2, -0.15) is 5.10 Å². The summed E-state index contributed by atoms with van der Waals surface area (Å²) < 4.78 is 17.1. The number of allylic oxidation sites excluding steroid dienone is 1. The first-order valence-corrected chi connectivity index (χ1v) is 15.1. The molecule has 0 aliphatic carbocycles. The lowest BCUT2D eigenvalue weighted by Gasteiger charge is -2.34. The van der Waals surface area contributed by atoms with Gasteiger partial charge in [-0.25, -0.2) is 19.0 Å². The Hall–Kier alpha value is -4.46. The van der Waals surface area contributed by atoms with Gasteiger partial charge in [-0.3, -0.25) is 0 Å². The van der Waals surface area contributed by atoms with Gasteiger partial charge in [0.15, 0.2) is 0 Å². The van der Waals surface area contributed by atoms with E-state index < -0.39 is 0 Å². The Morgan fingerprint density at radius 1 is 1.09 bits per heavy atom. The van der Waals surface area contributed by atoms with Gasteiger partial charge in [0.25, 0.3) is 0 Å². The molecule has 0 unspecified atom stereocenters. The number of piperidine rings is 1. The SMILES string of the molecule is C=CC(=C)N1CCC(Cc2cc3c(Nc4ccc(Cc5ccn(C(=C)NC(C)C)n5)cc4F)ncnc3cc2CC)CC1. The molecule has 43 heavy (non-hydrogen) atoms. The number of aromatic nitrogens is 4. The molecule has 2 aromatic heterocycles. The third-order valence-electron chi connectivity index (χ3n) is 8.15. The van der Waals surface area contributed by atoms with Crippen molar-refractivity contribution >= 4 is 28.2 Å². The molecule has 224 valence electrons. The first-order valence-electron chi connectivity index (χ1n) is 15.1. The van der Waals surface area contributed by atoms with Crippen LogP contribution in [-0.2, 0) is 19.3 Å². The maximum atomic E-state index is 15.4. The summed E-state index contributed by atoms with van der Waals surface area (Å²) in [5.41, 5.74) is 6.52. The lowest BCUT2D eigenvalue weighted by atomic mass is 9.87. The van der Waals surface area contributed by atoms with Crippen LogP contribution >= 0.6 is 0 Å². The highest BCUT2D eigenvalue weighted by Crippen LogP contribution is 2.31. The van der Waals surface area contributed by atoms with Crippen LogP contribution in [0.1, 0.15) is 56.0 Å². The minimum Gasteiger partial charge on any atom is -0.372 e. The van der Waals surface area contributed by atoms with Crippen molar-refractivity contribution in [2.24, 2.45) is 5.92 Å². The van der Waals surface area contributed by atoms with Crippen LogP contribution in [0.3, 0.4) is 0 Å². The predicted molar refractivity (Wildman–Crippen MR) is 175 cm³/mol. The van der Waals surface area contributed by atoms with Gasteiger partial charge in [-0.15, -0.1) is 0 Å². The van der Waals surface area contributed by atoms with E-state index in [-0.39, 0.29) is 11.9 Å². The molecule has 2 N–H and O–H groups in total. The molecular weight excluding hydrogens is 537 g/mol. The van der Waals surface area contributed by atoms with Gasteiger partial charge in [0.05, 0.1) is 16.9 Å². The zero-order valence-electron chi connectivity index (χ0n) is 25.5. The summed E-state index contributed by atoms with van der Waals surface area (Å²) in [7, 11) is 0. The molecule has 1 saturated heterocycles. The number of hydrogen-bond donors (Lipinski definition) is 2. The highest BCUT2D eigenvalue weighted by Gasteiger charge is 2.21. The van der Waals surface area contributed by atoms with Gasteiger partial charge in [-0.1, -0.05) is 32.7 Å². The summed E-state index contributed by atoms with van der Waals surface area (Å²) in [4.78, 5) is 11.4. The number of fused-ring (bicyclic) bond motifs is 1. The molecule has 0 spiro atoms.